The highest BCUT2D eigenvalue weighted by Gasteiger charge is 2.55. The zero-order valence-electron chi connectivity index (χ0n) is 8.41. The zero-order chi connectivity index (χ0) is 9.28. The van der Waals surface area contributed by atoms with Gasteiger partial charge in [-0.05, 0) is 55.8 Å². The summed E-state index contributed by atoms with van der Waals surface area (Å²) in [6.45, 7) is 0. The van der Waals surface area contributed by atoms with Gasteiger partial charge in [-0.15, -0.1) is 0 Å². The van der Waals surface area contributed by atoms with Crippen molar-refractivity contribution in [2.45, 2.75) is 38.1 Å². The van der Waals surface area contributed by atoms with Crippen LogP contribution in [0.1, 0.15) is 32.1 Å². The molecule has 0 aromatic carbocycles. The van der Waals surface area contributed by atoms with E-state index in [0.717, 1.165) is 23.7 Å². The van der Waals surface area contributed by atoms with Crippen LogP contribution in [0.5, 0.6) is 0 Å². The standard InChI is InChI=1S/C12H17NO/c14-12-10-8-2-6-1-7(3-8)5-9(4-6)11(10)13-12/h6-11H,1-5H2,(H,13,14)/t6-,7+,8?,9?,10-,11+/m0/s1. The minimum Gasteiger partial charge on any atom is -0.352 e. The smallest absolute Gasteiger partial charge is 0.225 e. The van der Waals surface area contributed by atoms with Gasteiger partial charge in [-0.3, -0.25) is 4.79 Å². The van der Waals surface area contributed by atoms with Crippen molar-refractivity contribution in [2.24, 2.45) is 29.6 Å². The summed E-state index contributed by atoms with van der Waals surface area (Å²) >= 11 is 0. The van der Waals surface area contributed by atoms with Gasteiger partial charge >= 0.3 is 0 Å². The SMILES string of the molecule is O=C1N[C@@H]2C3C[C@@H]4CC(C[C@H](C3)C4)[C@H]12. The fraction of sp³-hybridized carbons (Fsp3) is 0.917. The summed E-state index contributed by atoms with van der Waals surface area (Å²) in [6, 6.07) is 0.586. The van der Waals surface area contributed by atoms with E-state index < -0.39 is 0 Å². The molecule has 1 N–H and O–H groups in total. The predicted octanol–water partition coefficient (Wildman–Crippen LogP) is 1.56. The second kappa shape index (κ2) is 2.34. The summed E-state index contributed by atoms with van der Waals surface area (Å²) in [5.74, 6) is 4.33. The fourth-order valence-electron chi connectivity index (χ4n) is 4.88. The zero-order valence-corrected chi connectivity index (χ0v) is 8.41. The first-order valence-corrected chi connectivity index (χ1v) is 6.11. The molecule has 5 rings (SSSR count). The van der Waals surface area contributed by atoms with E-state index in [0.29, 0.717) is 17.9 Å². The highest BCUT2D eigenvalue weighted by Crippen LogP contribution is 2.55. The van der Waals surface area contributed by atoms with E-state index in [4.69, 9.17) is 0 Å². The first-order chi connectivity index (χ1) is 6.81. The molecule has 4 aliphatic carbocycles. The Bertz CT molecular complexity index is 287. The molecule has 1 amide bonds. The number of hydrogen-bond acceptors (Lipinski definition) is 1. The molecule has 4 bridgehead atoms. The number of rotatable bonds is 0. The van der Waals surface area contributed by atoms with Gasteiger partial charge in [-0.2, -0.15) is 0 Å². The molecule has 4 saturated carbocycles. The lowest BCUT2D eigenvalue weighted by molar-refractivity contribution is -0.139. The molecule has 5 aliphatic rings. The molecule has 1 aliphatic heterocycles. The van der Waals surface area contributed by atoms with Crippen molar-refractivity contribution in [3.05, 3.63) is 0 Å². The van der Waals surface area contributed by atoms with Crippen molar-refractivity contribution in [2.75, 3.05) is 0 Å². The normalized spacial score (nSPS) is 58.7. The topological polar surface area (TPSA) is 29.1 Å². The average Bonchev–Trinajstić information content (AvgIpc) is 2.23. The average molecular weight is 191 g/mol. The monoisotopic (exact) mass is 191 g/mol. The van der Waals surface area contributed by atoms with E-state index in [2.05, 4.69) is 5.32 Å². The van der Waals surface area contributed by atoms with Gasteiger partial charge in [0.05, 0.1) is 5.92 Å². The van der Waals surface area contributed by atoms with E-state index in [9.17, 15) is 4.79 Å². The minimum absolute atomic E-state index is 0.369. The molecule has 0 aromatic heterocycles. The van der Waals surface area contributed by atoms with Crippen LogP contribution in [0.3, 0.4) is 0 Å². The van der Waals surface area contributed by atoms with Crippen LogP contribution in [0.2, 0.25) is 0 Å². The molecule has 5 fully saturated rings. The number of β-lactam (4-membered cyclic amide) rings is 1. The lowest BCUT2D eigenvalue weighted by Gasteiger charge is -2.41. The molecule has 1 heterocycles. The number of carbonyl (C=O) groups excluding carboxylic acids is 1. The summed E-state index contributed by atoms with van der Waals surface area (Å²) in [5, 5.41) is 3.16. The van der Waals surface area contributed by atoms with E-state index >= 15 is 0 Å². The largest absolute Gasteiger partial charge is 0.352 e. The Hall–Kier alpha value is -0.530. The number of amides is 1. The Kier molecular flexibility index (Phi) is 1.29. The highest BCUT2D eigenvalue weighted by atomic mass is 16.2. The van der Waals surface area contributed by atoms with Crippen LogP contribution in [0, 0.1) is 29.6 Å². The number of carbonyl (C=O) groups is 1. The van der Waals surface area contributed by atoms with Crippen LogP contribution in [0.4, 0.5) is 0 Å². The van der Waals surface area contributed by atoms with Gasteiger partial charge in [0.25, 0.3) is 0 Å². The fourth-order valence-corrected chi connectivity index (χ4v) is 4.88. The van der Waals surface area contributed by atoms with Crippen LogP contribution < -0.4 is 5.32 Å². The van der Waals surface area contributed by atoms with Gasteiger partial charge in [0, 0.05) is 6.04 Å². The summed E-state index contributed by atoms with van der Waals surface area (Å²) in [6.07, 6.45) is 7.02. The van der Waals surface area contributed by atoms with Crippen molar-refractivity contribution >= 4 is 5.91 Å². The third-order valence-corrected chi connectivity index (χ3v) is 5.23. The van der Waals surface area contributed by atoms with E-state index in [1.807, 2.05) is 0 Å². The third-order valence-electron chi connectivity index (χ3n) is 5.23. The predicted molar refractivity (Wildman–Crippen MR) is 52.5 cm³/mol. The lowest BCUT2D eigenvalue weighted by Crippen LogP contribution is -2.62. The molecule has 2 heteroatoms. The molecular weight excluding hydrogens is 174 g/mol. The van der Waals surface area contributed by atoms with E-state index in [-0.39, 0.29) is 0 Å². The maximum atomic E-state index is 11.6. The first-order valence-electron chi connectivity index (χ1n) is 6.11. The van der Waals surface area contributed by atoms with Gasteiger partial charge in [0.1, 0.15) is 0 Å². The minimum atomic E-state index is 0.369. The van der Waals surface area contributed by atoms with Crippen LogP contribution in [0.15, 0.2) is 0 Å². The van der Waals surface area contributed by atoms with Crippen molar-refractivity contribution < 1.29 is 4.79 Å². The number of hydrogen-bond donors (Lipinski definition) is 1. The summed E-state index contributed by atoms with van der Waals surface area (Å²) in [5.41, 5.74) is 0. The molecule has 1 saturated heterocycles. The van der Waals surface area contributed by atoms with Crippen LogP contribution >= 0.6 is 0 Å². The molecule has 0 aromatic rings. The van der Waals surface area contributed by atoms with Gasteiger partial charge in [-0.25, -0.2) is 0 Å². The van der Waals surface area contributed by atoms with Crippen molar-refractivity contribution in [3.63, 3.8) is 0 Å². The van der Waals surface area contributed by atoms with Crippen LogP contribution in [0.25, 0.3) is 0 Å². The molecule has 14 heavy (non-hydrogen) atoms. The Balaban J connectivity index is 1.76. The second-order valence-electron chi connectivity index (χ2n) is 5.99. The maximum absolute atomic E-state index is 11.6. The lowest BCUT2D eigenvalue weighted by atomic mass is 9.67. The highest BCUT2D eigenvalue weighted by molar-refractivity contribution is 5.86. The molecule has 2 unspecified atom stereocenters. The molecule has 2 nitrogen and oxygen atoms in total. The van der Waals surface area contributed by atoms with Crippen molar-refractivity contribution in [1.29, 1.82) is 0 Å². The van der Waals surface area contributed by atoms with Crippen molar-refractivity contribution in [1.82, 2.24) is 5.32 Å². The Morgan fingerprint density at radius 3 is 2.21 bits per heavy atom. The molecule has 6 atom stereocenters. The Morgan fingerprint density at radius 2 is 1.57 bits per heavy atom. The molecule has 0 radical (unpaired) electrons. The van der Waals surface area contributed by atoms with Gasteiger partial charge in [0.2, 0.25) is 5.91 Å². The van der Waals surface area contributed by atoms with Gasteiger partial charge < -0.3 is 5.32 Å². The van der Waals surface area contributed by atoms with E-state index in [1.165, 1.54) is 32.1 Å². The molecule has 76 valence electrons. The van der Waals surface area contributed by atoms with E-state index in [1.54, 1.807) is 0 Å². The molecular formula is C12H17NO. The third kappa shape index (κ3) is 0.807. The van der Waals surface area contributed by atoms with Crippen LogP contribution in [-0.4, -0.2) is 11.9 Å². The van der Waals surface area contributed by atoms with Crippen LogP contribution in [-0.2, 0) is 4.79 Å². The first kappa shape index (κ1) is 7.72. The van der Waals surface area contributed by atoms with Gasteiger partial charge in [-0.1, -0.05) is 0 Å². The number of nitrogens with one attached hydrogen (secondary N) is 1. The Labute approximate surface area is 84.4 Å². The second-order valence-corrected chi connectivity index (χ2v) is 5.99. The van der Waals surface area contributed by atoms with Crippen molar-refractivity contribution in [3.8, 4) is 0 Å². The summed E-state index contributed by atoms with van der Waals surface area (Å²) in [7, 11) is 0. The van der Waals surface area contributed by atoms with Gasteiger partial charge in [0.15, 0.2) is 0 Å². The molecule has 0 spiro atoms. The summed E-state index contributed by atoms with van der Waals surface area (Å²) in [4.78, 5) is 11.6. The Morgan fingerprint density at radius 1 is 0.929 bits per heavy atom. The summed E-state index contributed by atoms with van der Waals surface area (Å²) < 4.78 is 0. The quantitative estimate of drug-likeness (QED) is 0.578. The maximum Gasteiger partial charge on any atom is 0.225 e.